The molecule has 1 heterocycles. The highest BCUT2D eigenvalue weighted by atomic mass is 32.2. The Bertz CT molecular complexity index is 505. The Morgan fingerprint density at radius 1 is 1.56 bits per heavy atom. The van der Waals surface area contributed by atoms with Gasteiger partial charge in [0.25, 0.3) is 0 Å². The van der Waals surface area contributed by atoms with E-state index in [-0.39, 0.29) is 5.75 Å². The van der Waals surface area contributed by atoms with Crippen molar-refractivity contribution in [3.8, 4) is 6.07 Å². The summed E-state index contributed by atoms with van der Waals surface area (Å²) >= 11 is 0. The summed E-state index contributed by atoms with van der Waals surface area (Å²) in [6, 6.07) is 5.43. The molecule has 0 aliphatic heterocycles. The summed E-state index contributed by atoms with van der Waals surface area (Å²) in [5, 5.41) is 8.84. The normalized spacial score (nSPS) is 10.8. The fourth-order valence-corrected chi connectivity index (χ4v) is 1.82. The average molecular weight is 239 g/mol. The van der Waals surface area contributed by atoms with Gasteiger partial charge in [-0.15, -0.1) is 0 Å². The molecular weight excluding hydrogens is 226 g/mol. The Hall–Kier alpha value is -1.61. The lowest BCUT2D eigenvalue weighted by molar-refractivity contribution is 0.601. The molecule has 0 aliphatic carbocycles. The first-order valence-electron chi connectivity index (χ1n) is 4.68. The number of sulfone groups is 1. The minimum atomic E-state index is -2.99. The third-order valence-electron chi connectivity index (χ3n) is 2.10. The number of nitriles is 1. The Balaban J connectivity index is 2.81. The van der Waals surface area contributed by atoms with Crippen LogP contribution in [0.3, 0.4) is 0 Å². The van der Waals surface area contributed by atoms with Gasteiger partial charge in [-0.3, -0.25) is 0 Å². The van der Waals surface area contributed by atoms with Crippen LogP contribution in [0.25, 0.3) is 0 Å². The molecule has 0 atom stereocenters. The smallest absolute Gasteiger partial charge is 0.163 e. The van der Waals surface area contributed by atoms with Gasteiger partial charge in [0.05, 0.1) is 11.4 Å². The van der Waals surface area contributed by atoms with Crippen molar-refractivity contribution < 1.29 is 8.42 Å². The Labute approximate surface area is 95.3 Å². The average Bonchev–Trinajstić information content (AvgIpc) is 2.25. The zero-order chi connectivity index (χ0) is 12.2. The van der Waals surface area contributed by atoms with Crippen molar-refractivity contribution in [3.05, 3.63) is 24.0 Å². The molecule has 1 rings (SSSR count). The number of hydrogen-bond acceptors (Lipinski definition) is 5. The second kappa shape index (κ2) is 4.94. The van der Waals surface area contributed by atoms with Crippen LogP contribution in [0, 0.1) is 11.3 Å². The van der Waals surface area contributed by atoms with Gasteiger partial charge >= 0.3 is 0 Å². The summed E-state index contributed by atoms with van der Waals surface area (Å²) in [5.74, 6) is 0.0588. The van der Waals surface area contributed by atoms with Crippen molar-refractivity contribution >= 4 is 15.5 Å². The lowest BCUT2D eigenvalue weighted by Gasteiger charge is -2.18. The molecule has 16 heavy (non-hydrogen) atoms. The number of pyridine rings is 1. The SMILES string of the molecule is CN(CCS(C)(=O)=O)c1cccnc1C#N. The van der Waals surface area contributed by atoms with Gasteiger partial charge in [0.1, 0.15) is 15.9 Å². The molecule has 6 heteroatoms. The minimum absolute atomic E-state index is 0.0588. The molecule has 0 aliphatic rings. The summed E-state index contributed by atoms with van der Waals surface area (Å²) in [6.45, 7) is 0.346. The van der Waals surface area contributed by atoms with E-state index in [9.17, 15) is 8.42 Å². The topological polar surface area (TPSA) is 74.1 Å². The van der Waals surface area contributed by atoms with Crippen LogP contribution in [-0.4, -0.2) is 39.0 Å². The van der Waals surface area contributed by atoms with Crippen molar-refractivity contribution in [2.45, 2.75) is 0 Å². The molecule has 0 bridgehead atoms. The van der Waals surface area contributed by atoms with Crippen LogP contribution in [0.1, 0.15) is 5.69 Å². The third kappa shape index (κ3) is 3.51. The molecule has 0 aromatic carbocycles. The van der Waals surface area contributed by atoms with E-state index in [1.807, 2.05) is 6.07 Å². The first-order chi connectivity index (χ1) is 7.44. The van der Waals surface area contributed by atoms with Crippen LogP contribution in [-0.2, 0) is 9.84 Å². The van der Waals surface area contributed by atoms with Gasteiger partial charge in [-0.2, -0.15) is 5.26 Å². The maximum atomic E-state index is 11.0. The van der Waals surface area contributed by atoms with Gasteiger partial charge in [-0.25, -0.2) is 13.4 Å². The van der Waals surface area contributed by atoms with Crippen LogP contribution in [0.5, 0.6) is 0 Å². The van der Waals surface area contributed by atoms with E-state index in [0.717, 1.165) is 0 Å². The van der Waals surface area contributed by atoms with Crippen molar-refractivity contribution in [3.63, 3.8) is 0 Å². The second-order valence-electron chi connectivity index (χ2n) is 3.53. The number of aromatic nitrogens is 1. The van der Waals surface area contributed by atoms with E-state index < -0.39 is 9.84 Å². The number of rotatable bonds is 4. The van der Waals surface area contributed by atoms with E-state index in [1.54, 1.807) is 24.1 Å². The monoisotopic (exact) mass is 239 g/mol. The fourth-order valence-electron chi connectivity index (χ4n) is 1.21. The van der Waals surface area contributed by atoms with Crippen LogP contribution in [0.15, 0.2) is 18.3 Å². The summed E-state index contributed by atoms with van der Waals surface area (Å²) in [7, 11) is -1.25. The van der Waals surface area contributed by atoms with E-state index in [1.165, 1.54) is 12.5 Å². The molecule has 0 saturated carbocycles. The highest BCUT2D eigenvalue weighted by molar-refractivity contribution is 7.90. The molecule has 5 nitrogen and oxygen atoms in total. The lowest BCUT2D eigenvalue weighted by Crippen LogP contribution is -2.25. The Kier molecular flexibility index (Phi) is 3.85. The van der Waals surface area contributed by atoms with E-state index in [0.29, 0.717) is 17.9 Å². The molecular formula is C10H13N3O2S. The standard InChI is InChI=1S/C10H13N3O2S/c1-13(6-7-16(2,14)15)10-4-3-5-12-9(10)8-11/h3-5H,6-7H2,1-2H3. The van der Waals surface area contributed by atoms with Crippen LogP contribution in [0.2, 0.25) is 0 Å². The van der Waals surface area contributed by atoms with Gasteiger partial charge in [0.15, 0.2) is 5.69 Å². The largest absolute Gasteiger partial charge is 0.371 e. The first-order valence-corrected chi connectivity index (χ1v) is 6.74. The van der Waals surface area contributed by atoms with Crippen LogP contribution >= 0.6 is 0 Å². The molecule has 0 unspecified atom stereocenters. The Morgan fingerprint density at radius 2 is 2.25 bits per heavy atom. The molecule has 1 aromatic rings. The summed E-state index contributed by atoms with van der Waals surface area (Å²) in [6.07, 6.45) is 2.72. The van der Waals surface area contributed by atoms with E-state index in [2.05, 4.69) is 4.98 Å². The highest BCUT2D eigenvalue weighted by Crippen LogP contribution is 2.15. The Morgan fingerprint density at radius 3 is 2.81 bits per heavy atom. The molecule has 0 N–H and O–H groups in total. The fraction of sp³-hybridized carbons (Fsp3) is 0.400. The van der Waals surface area contributed by atoms with Gasteiger partial charge in [-0.1, -0.05) is 0 Å². The quantitative estimate of drug-likeness (QED) is 0.762. The number of hydrogen-bond donors (Lipinski definition) is 0. The van der Waals surface area contributed by atoms with Crippen molar-refractivity contribution in [2.75, 3.05) is 30.5 Å². The minimum Gasteiger partial charge on any atom is -0.371 e. The van der Waals surface area contributed by atoms with Crippen molar-refractivity contribution in [2.24, 2.45) is 0 Å². The molecule has 86 valence electrons. The van der Waals surface area contributed by atoms with Crippen LogP contribution < -0.4 is 4.90 Å². The molecule has 0 fully saturated rings. The zero-order valence-corrected chi connectivity index (χ0v) is 10.0. The van der Waals surface area contributed by atoms with Crippen molar-refractivity contribution in [1.82, 2.24) is 4.98 Å². The van der Waals surface area contributed by atoms with Gasteiger partial charge in [-0.05, 0) is 12.1 Å². The van der Waals surface area contributed by atoms with Gasteiger partial charge in [0, 0.05) is 26.0 Å². The van der Waals surface area contributed by atoms with E-state index in [4.69, 9.17) is 5.26 Å². The molecule has 0 radical (unpaired) electrons. The number of nitrogens with zero attached hydrogens (tertiary/aromatic N) is 3. The number of anilines is 1. The third-order valence-corrected chi connectivity index (χ3v) is 3.03. The first kappa shape index (κ1) is 12.5. The predicted octanol–water partition coefficient (Wildman–Crippen LogP) is 0.434. The highest BCUT2D eigenvalue weighted by Gasteiger charge is 2.10. The van der Waals surface area contributed by atoms with E-state index >= 15 is 0 Å². The molecule has 0 amide bonds. The maximum absolute atomic E-state index is 11.0. The maximum Gasteiger partial charge on any atom is 0.163 e. The van der Waals surface area contributed by atoms with Crippen molar-refractivity contribution in [1.29, 1.82) is 5.26 Å². The molecule has 0 saturated heterocycles. The zero-order valence-electron chi connectivity index (χ0n) is 9.21. The summed E-state index contributed by atoms with van der Waals surface area (Å²) in [5.41, 5.74) is 0.951. The predicted molar refractivity (Wildman–Crippen MR) is 61.9 cm³/mol. The second-order valence-corrected chi connectivity index (χ2v) is 5.79. The summed E-state index contributed by atoms with van der Waals surface area (Å²) < 4.78 is 22.0. The summed E-state index contributed by atoms with van der Waals surface area (Å²) in [4.78, 5) is 5.63. The molecule has 0 spiro atoms. The lowest BCUT2D eigenvalue weighted by atomic mass is 10.3. The molecule has 1 aromatic heterocycles. The van der Waals surface area contributed by atoms with Gasteiger partial charge in [0.2, 0.25) is 0 Å². The van der Waals surface area contributed by atoms with Gasteiger partial charge < -0.3 is 4.90 Å². The van der Waals surface area contributed by atoms with Crippen LogP contribution in [0.4, 0.5) is 5.69 Å².